The maximum atomic E-state index is 12.9. The molecule has 1 aliphatic carbocycles. The second-order valence-electron chi connectivity index (χ2n) is 8.38. The Morgan fingerprint density at radius 1 is 0.946 bits per heavy atom. The lowest BCUT2D eigenvalue weighted by atomic mass is 9.83. The van der Waals surface area contributed by atoms with Crippen LogP contribution in [0.4, 0.5) is 32.0 Å². The Hall–Kier alpha value is -3.39. The van der Waals surface area contributed by atoms with Crippen molar-refractivity contribution in [3.8, 4) is 11.6 Å². The van der Waals surface area contributed by atoms with Crippen molar-refractivity contribution < 1.29 is 44.6 Å². The predicted octanol–water partition coefficient (Wildman–Crippen LogP) is 5.29. The average molecular weight is 547 g/mol. The number of benzene rings is 1. The molecule has 0 amide bonds. The molecule has 1 aliphatic rings. The number of aliphatic hydroxyl groups excluding tert-OH is 1. The first-order valence-electron chi connectivity index (χ1n) is 10.8. The summed E-state index contributed by atoms with van der Waals surface area (Å²) in [4.78, 5) is 6.85. The minimum atomic E-state index is -4.67. The molecule has 1 aromatic carbocycles. The lowest BCUT2D eigenvalue weighted by molar-refractivity contribution is -0.141. The third kappa shape index (κ3) is 6.13. The van der Waals surface area contributed by atoms with Gasteiger partial charge in [-0.3, -0.25) is 0 Å². The second kappa shape index (κ2) is 9.82. The number of pyridine rings is 2. The van der Waals surface area contributed by atoms with Crippen LogP contribution in [0.25, 0.3) is 0 Å². The van der Waals surface area contributed by atoms with Gasteiger partial charge in [-0.05, 0) is 49.2 Å². The molecule has 37 heavy (non-hydrogen) atoms. The fourth-order valence-corrected chi connectivity index (χ4v) is 5.65. The van der Waals surface area contributed by atoms with Gasteiger partial charge in [-0.25, -0.2) is 18.4 Å². The van der Waals surface area contributed by atoms with Crippen LogP contribution in [0.2, 0.25) is 0 Å². The van der Waals surface area contributed by atoms with Crippen molar-refractivity contribution >= 4 is 15.5 Å². The number of anilines is 1. The maximum absolute atomic E-state index is 12.9. The standard InChI is InChI=1S/C23H19F6N3O4S/c24-22(25,26)14-2-1-3-17(10-14)37(34,35)18-8-13(9-18)21(33)32-15-4-7-20(31-11-15)36-16-5-6-19(30-12-16)23(27,28)29/h1-7,10-13,18,21,32-33H,8-9H2. The highest BCUT2D eigenvalue weighted by Gasteiger charge is 2.43. The van der Waals surface area contributed by atoms with Crippen molar-refractivity contribution in [3.05, 3.63) is 72.2 Å². The van der Waals surface area contributed by atoms with Crippen LogP contribution >= 0.6 is 0 Å². The van der Waals surface area contributed by atoms with E-state index < -0.39 is 55.7 Å². The number of halogens is 6. The minimum Gasteiger partial charge on any atom is -0.437 e. The quantitative estimate of drug-likeness (QED) is 0.306. The molecule has 2 aromatic heterocycles. The van der Waals surface area contributed by atoms with Gasteiger partial charge in [0, 0.05) is 12.0 Å². The summed E-state index contributed by atoms with van der Waals surface area (Å²) in [7, 11) is -4.01. The molecular formula is C23H19F6N3O4S. The van der Waals surface area contributed by atoms with Crippen LogP contribution in [0.1, 0.15) is 24.1 Å². The molecule has 1 saturated carbocycles. The van der Waals surface area contributed by atoms with Crippen LogP contribution in [-0.4, -0.2) is 35.0 Å². The average Bonchev–Trinajstić information content (AvgIpc) is 2.78. The molecule has 2 heterocycles. The van der Waals surface area contributed by atoms with Gasteiger partial charge in [0.1, 0.15) is 17.7 Å². The number of ether oxygens (including phenoxy) is 1. The van der Waals surface area contributed by atoms with E-state index in [0.717, 1.165) is 36.5 Å². The molecular weight excluding hydrogens is 528 g/mol. The third-order valence-electron chi connectivity index (χ3n) is 5.81. The Balaban J connectivity index is 1.31. The minimum absolute atomic E-state index is 0.0312. The summed E-state index contributed by atoms with van der Waals surface area (Å²) in [5, 5.41) is 12.2. The predicted molar refractivity (Wildman–Crippen MR) is 118 cm³/mol. The first-order valence-corrected chi connectivity index (χ1v) is 12.3. The largest absolute Gasteiger partial charge is 0.437 e. The number of hydrogen-bond acceptors (Lipinski definition) is 7. The van der Waals surface area contributed by atoms with Gasteiger partial charge in [0.25, 0.3) is 0 Å². The number of aromatic nitrogens is 2. The van der Waals surface area contributed by atoms with Gasteiger partial charge in [0.05, 0.1) is 33.8 Å². The first kappa shape index (κ1) is 26.7. The van der Waals surface area contributed by atoms with Gasteiger partial charge < -0.3 is 15.2 Å². The van der Waals surface area contributed by atoms with E-state index in [1.165, 1.54) is 18.3 Å². The first-order chi connectivity index (χ1) is 17.2. The highest BCUT2D eigenvalue weighted by molar-refractivity contribution is 7.92. The van der Waals surface area contributed by atoms with E-state index in [0.29, 0.717) is 11.8 Å². The zero-order valence-electron chi connectivity index (χ0n) is 18.7. The van der Waals surface area contributed by atoms with E-state index >= 15 is 0 Å². The van der Waals surface area contributed by atoms with E-state index in [-0.39, 0.29) is 24.5 Å². The highest BCUT2D eigenvalue weighted by Crippen LogP contribution is 2.40. The van der Waals surface area contributed by atoms with Crippen molar-refractivity contribution in [1.29, 1.82) is 0 Å². The van der Waals surface area contributed by atoms with Crippen LogP contribution in [0.15, 0.2) is 65.8 Å². The Kier molecular flexibility index (Phi) is 7.08. The van der Waals surface area contributed by atoms with Crippen molar-refractivity contribution in [1.82, 2.24) is 9.97 Å². The molecule has 4 rings (SSSR count). The van der Waals surface area contributed by atoms with Crippen LogP contribution < -0.4 is 10.1 Å². The summed E-state index contributed by atoms with van der Waals surface area (Å²) < 4.78 is 107. The van der Waals surface area contributed by atoms with Gasteiger partial charge in [-0.1, -0.05) is 6.07 Å². The van der Waals surface area contributed by atoms with E-state index in [2.05, 4.69) is 15.3 Å². The fourth-order valence-electron chi connectivity index (χ4n) is 3.70. The van der Waals surface area contributed by atoms with Crippen molar-refractivity contribution in [2.45, 2.75) is 41.6 Å². The smallest absolute Gasteiger partial charge is 0.433 e. The summed E-state index contributed by atoms with van der Waals surface area (Å²) in [6.45, 7) is 0. The summed E-state index contributed by atoms with van der Waals surface area (Å²) in [5.74, 6) is -0.388. The lowest BCUT2D eigenvalue weighted by Crippen LogP contribution is -2.44. The SMILES string of the molecule is O=S(=O)(c1cccc(C(F)(F)F)c1)C1CC(C(O)Nc2ccc(Oc3ccc(C(F)(F)F)nc3)nc2)C1. The molecule has 0 spiro atoms. The molecule has 0 bridgehead atoms. The monoisotopic (exact) mass is 547 g/mol. The molecule has 3 aromatic rings. The number of hydrogen-bond donors (Lipinski definition) is 2. The molecule has 1 atom stereocenters. The molecule has 14 heteroatoms. The summed E-state index contributed by atoms with van der Waals surface area (Å²) in [5.41, 5.74) is -1.77. The number of nitrogens with one attached hydrogen (secondary N) is 1. The van der Waals surface area contributed by atoms with Crippen LogP contribution in [-0.2, 0) is 22.2 Å². The molecule has 1 unspecified atom stereocenters. The van der Waals surface area contributed by atoms with Crippen LogP contribution in [0.5, 0.6) is 11.6 Å². The maximum Gasteiger partial charge on any atom is 0.433 e. The number of alkyl halides is 6. The second-order valence-corrected chi connectivity index (χ2v) is 10.6. The Morgan fingerprint density at radius 2 is 1.68 bits per heavy atom. The van der Waals surface area contributed by atoms with Gasteiger partial charge in [0.15, 0.2) is 9.84 Å². The number of rotatable bonds is 7. The summed E-state index contributed by atoms with van der Waals surface area (Å²) >= 11 is 0. The van der Waals surface area contributed by atoms with Gasteiger partial charge in [-0.15, -0.1) is 0 Å². The highest BCUT2D eigenvalue weighted by atomic mass is 32.2. The number of aliphatic hydroxyl groups is 1. The van der Waals surface area contributed by atoms with Gasteiger partial charge in [-0.2, -0.15) is 26.3 Å². The zero-order chi connectivity index (χ0) is 27.0. The van der Waals surface area contributed by atoms with E-state index in [9.17, 15) is 39.9 Å². The number of sulfone groups is 1. The van der Waals surface area contributed by atoms with Gasteiger partial charge >= 0.3 is 12.4 Å². The molecule has 198 valence electrons. The topological polar surface area (TPSA) is 101 Å². The number of nitrogens with zero attached hydrogens (tertiary/aromatic N) is 2. The van der Waals surface area contributed by atoms with Crippen LogP contribution in [0, 0.1) is 5.92 Å². The van der Waals surface area contributed by atoms with Crippen molar-refractivity contribution in [2.75, 3.05) is 5.32 Å². The Labute approximate surface area is 207 Å². The molecule has 2 N–H and O–H groups in total. The Bertz CT molecular complexity index is 1340. The summed E-state index contributed by atoms with van der Waals surface area (Å²) in [6, 6.07) is 8.29. The zero-order valence-corrected chi connectivity index (χ0v) is 19.5. The molecule has 1 fully saturated rings. The fraction of sp³-hybridized carbons (Fsp3) is 0.304. The lowest BCUT2D eigenvalue weighted by Gasteiger charge is -2.38. The molecule has 7 nitrogen and oxygen atoms in total. The normalized spacial score (nSPS) is 19.1. The van der Waals surface area contributed by atoms with E-state index in [1.807, 2.05) is 0 Å². The van der Waals surface area contributed by atoms with Crippen LogP contribution in [0.3, 0.4) is 0 Å². The molecule has 0 aliphatic heterocycles. The third-order valence-corrected chi connectivity index (χ3v) is 7.98. The summed E-state index contributed by atoms with van der Waals surface area (Å²) in [6.07, 6.45) is -8.11. The molecule has 0 radical (unpaired) electrons. The Morgan fingerprint density at radius 3 is 2.24 bits per heavy atom. The molecule has 0 saturated heterocycles. The van der Waals surface area contributed by atoms with Crippen molar-refractivity contribution in [3.63, 3.8) is 0 Å². The van der Waals surface area contributed by atoms with Crippen molar-refractivity contribution in [2.24, 2.45) is 5.92 Å². The van der Waals surface area contributed by atoms with Gasteiger partial charge in [0.2, 0.25) is 5.88 Å². The van der Waals surface area contributed by atoms with E-state index in [4.69, 9.17) is 4.74 Å². The van der Waals surface area contributed by atoms with E-state index in [1.54, 1.807) is 0 Å².